The Hall–Kier alpha value is -2.18. The SMILES string of the molecule is Cc1cc(C)c2oc(C3(Cc4ncn[nH]4)OCCCO3)cc2c1. The molecule has 4 rings (SSSR count). The zero-order valence-electron chi connectivity index (χ0n) is 13.3. The van der Waals surface area contributed by atoms with Crippen LogP contribution in [0.15, 0.2) is 28.9 Å². The second-order valence-electron chi connectivity index (χ2n) is 6.02. The van der Waals surface area contributed by atoms with Crippen molar-refractivity contribution in [2.75, 3.05) is 13.2 Å². The summed E-state index contributed by atoms with van der Waals surface area (Å²) in [4.78, 5) is 4.20. The van der Waals surface area contributed by atoms with Crippen LogP contribution in [-0.4, -0.2) is 28.4 Å². The summed E-state index contributed by atoms with van der Waals surface area (Å²) >= 11 is 0. The number of nitrogens with one attached hydrogen (secondary N) is 1. The van der Waals surface area contributed by atoms with Crippen LogP contribution in [0.1, 0.15) is 29.1 Å². The van der Waals surface area contributed by atoms with E-state index in [1.54, 1.807) is 0 Å². The molecule has 120 valence electrons. The Labute approximate surface area is 133 Å². The number of fused-ring (bicyclic) bond motifs is 1. The van der Waals surface area contributed by atoms with Crippen molar-refractivity contribution in [2.45, 2.75) is 32.5 Å². The van der Waals surface area contributed by atoms with Crippen molar-refractivity contribution in [1.29, 1.82) is 0 Å². The topological polar surface area (TPSA) is 73.2 Å². The number of aromatic amines is 1. The second kappa shape index (κ2) is 5.47. The predicted octanol–water partition coefficient (Wildman–Crippen LogP) is 3.00. The molecule has 1 aliphatic rings. The molecule has 0 spiro atoms. The maximum absolute atomic E-state index is 6.13. The van der Waals surface area contributed by atoms with Crippen LogP contribution >= 0.6 is 0 Å². The molecule has 6 nitrogen and oxygen atoms in total. The molecule has 1 fully saturated rings. The van der Waals surface area contributed by atoms with Gasteiger partial charge in [-0.3, -0.25) is 5.10 Å². The fraction of sp³-hybridized carbons (Fsp3) is 0.412. The van der Waals surface area contributed by atoms with E-state index in [2.05, 4.69) is 34.2 Å². The van der Waals surface area contributed by atoms with Gasteiger partial charge in [0, 0.05) is 5.39 Å². The molecule has 0 radical (unpaired) electrons. The average molecular weight is 313 g/mol. The van der Waals surface area contributed by atoms with Crippen LogP contribution in [0.3, 0.4) is 0 Å². The molecular formula is C17H19N3O3. The molecule has 3 heterocycles. The third-order valence-electron chi connectivity index (χ3n) is 4.15. The van der Waals surface area contributed by atoms with Gasteiger partial charge in [-0.25, -0.2) is 4.98 Å². The van der Waals surface area contributed by atoms with E-state index >= 15 is 0 Å². The fourth-order valence-electron chi connectivity index (χ4n) is 3.14. The van der Waals surface area contributed by atoms with Crippen LogP contribution in [0.4, 0.5) is 0 Å². The molecule has 23 heavy (non-hydrogen) atoms. The standard InChI is InChI=1S/C17H19N3O3/c1-11-6-12(2)16-13(7-11)8-14(23-16)17(21-4-3-5-22-17)9-15-18-10-19-20-15/h6-8,10H,3-5,9H2,1-2H3,(H,18,19,20). The van der Waals surface area contributed by atoms with Gasteiger partial charge >= 0.3 is 0 Å². The van der Waals surface area contributed by atoms with E-state index in [1.165, 1.54) is 11.9 Å². The summed E-state index contributed by atoms with van der Waals surface area (Å²) in [7, 11) is 0. The van der Waals surface area contributed by atoms with E-state index in [-0.39, 0.29) is 0 Å². The van der Waals surface area contributed by atoms with Crippen LogP contribution in [0.25, 0.3) is 11.0 Å². The van der Waals surface area contributed by atoms with Gasteiger partial charge in [0.2, 0.25) is 5.79 Å². The van der Waals surface area contributed by atoms with E-state index in [0.717, 1.165) is 23.0 Å². The monoisotopic (exact) mass is 313 g/mol. The van der Waals surface area contributed by atoms with Crippen molar-refractivity contribution >= 4 is 11.0 Å². The average Bonchev–Trinajstić information content (AvgIpc) is 3.17. The summed E-state index contributed by atoms with van der Waals surface area (Å²) < 4.78 is 18.2. The summed E-state index contributed by atoms with van der Waals surface area (Å²) in [5, 5.41) is 7.84. The first kappa shape index (κ1) is 14.4. The molecule has 1 saturated heterocycles. The van der Waals surface area contributed by atoms with E-state index in [9.17, 15) is 0 Å². The van der Waals surface area contributed by atoms with Crippen molar-refractivity contribution in [3.8, 4) is 0 Å². The Morgan fingerprint density at radius 3 is 2.74 bits per heavy atom. The maximum Gasteiger partial charge on any atom is 0.235 e. The van der Waals surface area contributed by atoms with E-state index < -0.39 is 5.79 Å². The van der Waals surface area contributed by atoms with Gasteiger partial charge in [0.05, 0.1) is 19.6 Å². The van der Waals surface area contributed by atoms with Crippen LogP contribution in [0.2, 0.25) is 0 Å². The van der Waals surface area contributed by atoms with Gasteiger partial charge in [-0.1, -0.05) is 11.6 Å². The van der Waals surface area contributed by atoms with Crippen LogP contribution < -0.4 is 0 Å². The summed E-state index contributed by atoms with van der Waals surface area (Å²) in [6.45, 7) is 5.39. The molecule has 0 unspecified atom stereocenters. The van der Waals surface area contributed by atoms with Crippen molar-refractivity contribution in [3.63, 3.8) is 0 Å². The zero-order chi connectivity index (χ0) is 15.9. The van der Waals surface area contributed by atoms with Crippen molar-refractivity contribution < 1.29 is 13.9 Å². The highest BCUT2D eigenvalue weighted by atomic mass is 16.7. The predicted molar refractivity (Wildman–Crippen MR) is 84.0 cm³/mol. The number of hydrogen-bond acceptors (Lipinski definition) is 5. The lowest BCUT2D eigenvalue weighted by molar-refractivity contribution is -0.284. The number of benzene rings is 1. The van der Waals surface area contributed by atoms with Crippen LogP contribution in [0.5, 0.6) is 0 Å². The zero-order valence-corrected chi connectivity index (χ0v) is 13.3. The van der Waals surface area contributed by atoms with Gasteiger partial charge in [0.15, 0.2) is 5.76 Å². The Morgan fingerprint density at radius 1 is 1.17 bits per heavy atom. The largest absolute Gasteiger partial charge is 0.455 e. The molecule has 6 heteroatoms. The van der Waals surface area contributed by atoms with E-state index in [4.69, 9.17) is 13.9 Å². The summed E-state index contributed by atoms with van der Waals surface area (Å²) in [6, 6.07) is 6.23. The minimum absolute atomic E-state index is 0.435. The number of aromatic nitrogens is 3. The third-order valence-corrected chi connectivity index (χ3v) is 4.15. The van der Waals surface area contributed by atoms with Crippen LogP contribution in [-0.2, 0) is 21.7 Å². The second-order valence-corrected chi connectivity index (χ2v) is 6.02. The van der Waals surface area contributed by atoms with Gasteiger partial charge in [-0.2, -0.15) is 5.10 Å². The quantitative estimate of drug-likeness (QED) is 0.804. The maximum atomic E-state index is 6.13. The summed E-state index contributed by atoms with van der Waals surface area (Å²) in [5.41, 5.74) is 3.19. The summed E-state index contributed by atoms with van der Waals surface area (Å²) in [6.07, 6.45) is 2.79. The molecular weight excluding hydrogens is 294 g/mol. The highest BCUT2D eigenvalue weighted by Crippen LogP contribution is 2.37. The lowest BCUT2D eigenvalue weighted by Gasteiger charge is -2.34. The summed E-state index contributed by atoms with van der Waals surface area (Å²) in [5.74, 6) is 0.439. The highest BCUT2D eigenvalue weighted by Gasteiger charge is 2.41. The first-order chi connectivity index (χ1) is 11.2. The van der Waals surface area contributed by atoms with Gasteiger partial charge < -0.3 is 13.9 Å². The molecule has 1 aromatic carbocycles. The number of nitrogens with zero attached hydrogens (tertiary/aromatic N) is 2. The molecule has 0 aliphatic carbocycles. The Balaban J connectivity index is 1.81. The molecule has 3 aromatic rings. The van der Waals surface area contributed by atoms with Gasteiger partial charge in [0.1, 0.15) is 17.7 Å². The van der Waals surface area contributed by atoms with Crippen LogP contribution in [0, 0.1) is 13.8 Å². The van der Waals surface area contributed by atoms with Crippen molar-refractivity contribution in [3.05, 3.63) is 47.2 Å². The highest BCUT2D eigenvalue weighted by molar-refractivity contribution is 5.82. The minimum atomic E-state index is -0.947. The number of aryl methyl sites for hydroxylation is 2. The Kier molecular flexibility index (Phi) is 3.43. The van der Waals surface area contributed by atoms with Gasteiger partial charge in [-0.15, -0.1) is 0 Å². The Bertz CT molecular complexity index is 817. The lowest BCUT2D eigenvalue weighted by Crippen LogP contribution is -2.40. The molecule has 0 bridgehead atoms. The number of H-pyrrole nitrogens is 1. The number of ether oxygens (including phenoxy) is 2. The molecule has 0 amide bonds. The number of hydrogen-bond donors (Lipinski definition) is 1. The van der Waals surface area contributed by atoms with E-state index in [1.807, 2.05) is 13.0 Å². The van der Waals surface area contributed by atoms with Gasteiger partial charge in [-0.05, 0) is 38.0 Å². The molecule has 0 saturated carbocycles. The van der Waals surface area contributed by atoms with Crippen molar-refractivity contribution in [2.24, 2.45) is 0 Å². The fourth-order valence-corrected chi connectivity index (χ4v) is 3.14. The third kappa shape index (κ3) is 2.54. The molecule has 2 aromatic heterocycles. The number of rotatable bonds is 3. The lowest BCUT2D eigenvalue weighted by atomic mass is 10.1. The van der Waals surface area contributed by atoms with Gasteiger partial charge in [0.25, 0.3) is 0 Å². The Morgan fingerprint density at radius 2 is 2.00 bits per heavy atom. The molecule has 0 atom stereocenters. The first-order valence-corrected chi connectivity index (χ1v) is 7.80. The smallest absolute Gasteiger partial charge is 0.235 e. The molecule has 1 aliphatic heterocycles. The van der Waals surface area contributed by atoms with Crippen molar-refractivity contribution in [1.82, 2.24) is 15.2 Å². The van der Waals surface area contributed by atoms with E-state index in [0.29, 0.717) is 31.2 Å². The number of furan rings is 1. The molecule has 1 N–H and O–H groups in total. The minimum Gasteiger partial charge on any atom is -0.455 e. The first-order valence-electron chi connectivity index (χ1n) is 7.80. The normalized spacial score (nSPS) is 17.7.